The lowest BCUT2D eigenvalue weighted by Gasteiger charge is -2.25. The number of hydrogen-bond donors (Lipinski definition) is 1. The number of nitro groups is 1. The molecule has 0 bridgehead atoms. The second-order valence-corrected chi connectivity index (χ2v) is 9.75. The number of aliphatic hydroxyl groups is 1. The Labute approximate surface area is 251 Å². The highest BCUT2D eigenvalue weighted by molar-refractivity contribution is 5.98. The van der Waals surface area contributed by atoms with Crippen molar-refractivity contribution in [2.24, 2.45) is 0 Å². The summed E-state index contributed by atoms with van der Waals surface area (Å²) in [7, 11) is 0. The summed E-state index contributed by atoms with van der Waals surface area (Å²) in [6.07, 6.45) is 1.70. The van der Waals surface area contributed by atoms with Crippen molar-refractivity contribution in [2.45, 2.75) is 80.4 Å². The van der Waals surface area contributed by atoms with Gasteiger partial charge in [-0.2, -0.15) is 0 Å². The summed E-state index contributed by atoms with van der Waals surface area (Å²) >= 11 is 0. The van der Waals surface area contributed by atoms with Crippen LogP contribution in [0.1, 0.15) is 93.2 Å². The van der Waals surface area contributed by atoms with E-state index in [2.05, 4.69) is 27.0 Å². The van der Waals surface area contributed by atoms with E-state index < -0.39 is 11.2 Å². The number of non-ortho nitro benzene ring substituents is 1. The number of carbonyl (C=O) groups is 1. The molecule has 1 heterocycles. The van der Waals surface area contributed by atoms with Crippen molar-refractivity contribution in [1.82, 2.24) is 4.90 Å². The standard InChI is InChI=1S/C23H20N2O5.C6H12.C4H8.C2H6/c26-14-17-4-3-5-18(12-17)15-30-23-21-7-2-1-6-20(21)22(27)24(23)13-16-8-10-19(11-9-16)25(28)29;1-4-6(3)5-2;1-4(2)3;1-2/h1-12,23,26H,13-15H2;3-5H2,1-2H3;1H2,2-3H3;1-2H3. The Morgan fingerprint density at radius 1 is 0.929 bits per heavy atom. The van der Waals surface area contributed by atoms with Crippen molar-refractivity contribution >= 4 is 11.6 Å². The van der Waals surface area contributed by atoms with Gasteiger partial charge in [0.05, 0.1) is 18.1 Å². The van der Waals surface area contributed by atoms with E-state index in [-0.39, 0.29) is 31.4 Å². The Hall–Kier alpha value is -4.07. The first kappa shape index (κ1) is 36.0. The molecule has 1 unspecified atom stereocenters. The van der Waals surface area contributed by atoms with Crippen LogP contribution in [-0.2, 0) is 24.5 Å². The number of allylic oxidation sites excluding steroid dienone is 2. The van der Waals surface area contributed by atoms with Crippen LogP contribution >= 0.6 is 0 Å². The van der Waals surface area contributed by atoms with Gasteiger partial charge in [-0.05, 0) is 49.4 Å². The summed E-state index contributed by atoms with van der Waals surface area (Å²) in [6.45, 7) is 20.0. The van der Waals surface area contributed by atoms with Crippen molar-refractivity contribution in [1.29, 1.82) is 0 Å². The van der Waals surface area contributed by atoms with Gasteiger partial charge in [0.1, 0.15) is 0 Å². The predicted molar refractivity (Wildman–Crippen MR) is 171 cm³/mol. The van der Waals surface area contributed by atoms with Gasteiger partial charge in [0.2, 0.25) is 0 Å². The number of ether oxygens (including phenoxy) is 1. The van der Waals surface area contributed by atoms with Gasteiger partial charge in [-0.1, -0.05) is 100 Å². The van der Waals surface area contributed by atoms with Gasteiger partial charge in [0.15, 0.2) is 6.23 Å². The Balaban J connectivity index is 0.000000628. The van der Waals surface area contributed by atoms with Crippen LogP contribution in [0.3, 0.4) is 0 Å². The molecule has 1 N–H and O–H groups in total. The molecule has 1 aliphatic heterocycles. The fourth-order valence-electron chi connectivity index (χ4n) is 3.83. The normalized spacial score (nSPS) is 12.9. The maximum atomic E-state index is 13.0. The first-order valence-corrected chi connectivity index (χ1v) is 14.3. The Morgan fingerprint density at radius 3 is 2.02 bits per heavy atom. The van der Waals surface area contributed by atoms with E-state index in [9.17, 15) is 20.0 Å². The predicted octanol–water partition coefficient (Wildman–Crippen LogP) is 8.93. The Morgan fingerprint density at radius 2 is 1.50 bits per heavy atom. The van der Waals surface area contributed by atoms with E-state index in [0.29, 0.717) is 5.56 Å². The molecule has 0 aromatic heterocycles. The number of nitro benzene ring substituents is 1. The van der Waals surface area contributed by atoms with Crippen LogP contribution in [0.4, 0.5) is 5.69 Å². The third-order valence-electron chi connectivity index (χ3n) is 6.08. The smallest absolute Gasteiger partial charge is 0.269 e. The fourth-order valence-corrected chi connectivity index (χ4v) is 3.83. The maximum absolute atomic E-state index is 13.0. The average Bonchev–Trinajstić information content (AvgIpc) is 3.27. The molecule has 1 amide bonds. The number of amides is 1. The molecule has 3 aromatic carbocycles. The van der Waals surface area contributed by atoms with Crippen molar-refractivity contribution in [3.8, 4) is 0 Å². The molecule has 4 rings (SSSR count). The van der Waals surface area contributed by atoms with Crippen LogP contribution in [0.15, 0.2) is 97.1 Å². The van der Waals surface area contributed by atoms with Gasteiger partial charge in [0, 0.05) is 29.8 Å². The lowest BCUT2D eigenvalue weighted by Crippen LogP contribution is -2.29. The van der Waals surface area contributed by atoms with Crippen LogP contribution in [0.5, 0.6) is 0 Å². The molecule has 0 saturated carbocycles. The molecular formula is C35H46N2O5. The first-order chi connectivity index (χ1) is 20.1. The van der Waals surface area contributed by atoms with E-state index in [4.69, 9.17) is 4.74 Å². The van der Waals surface area contributed by atoms with Crippen molar-refractivity contribution < 1.29 is 19.6 Å². The highest BCUT2D eigenvalue weighted by Crippen LogP contribution is 2.36. The van der Waals surface area contributed by atoms with E-state index in [1.807, 2.05) is 70.2 Å². The molecule has 1 aliphatic rings. The Kier molecular flexibility index (Phi) is 16.4. The van der Waals surface area contributed by atoms with Gasteiger partial charge in [-0.15, -0.1) is 6.58 Å². The summed E-state index contributed by atoms with van der Waals surface area (Å²) in [5.41, 5.74) is 6.37. The zero-order valence-corrected chi connectivity index (χ0v) is 25.9. The minimum Gasteiger partial charge on any atom is -0.392 e. The molecule has 0 saturated heterocycles. The quantitative estimate of drug-likeness (QED) is 0.156. The van der Waals surface area contributed by atoms with Gasteiger partial charge >= 0.3 is 0 Å². The number of benzene rings is 3. The molecule has 0 fully saturated rings. The highest BCUT2D eigenvalue weighted by atomic mass is 16.6. The van der Waals surface area contributed by atoms with Crippen molar-refractivity contribution in [2.75, 3.05) is 0 Å². The number of hydrogen-bond acceptors (Lipinski definition) is 5. The lowest BCUT2D eigenvalue weighted by atomic mass is 10.1. The van der Waals surface area contributed by atoms with Gasteiger partial charge < -0.3 is 14.7 Å². The Bertz CT molecular complexity index is 1290. The highest BCUT2D eigenvalue weighted by Gasteiger charge is 2.37. The number of nitrogens with zero attached hydrogens (tertiary/aromatic N) is 2. The molecule has 226 valence electrons. The molecule has 0 spiro atoms. The summed E-state index contributed by atoms with van der Waals surface area (Å²) in [5.74, 6) is -0.141. The van der Waals surface area contributed by atoms with Crippen molar-refractivity contribution in [3.05, 3.63) is 135 Å². The second kappa shape index (κ2) is 19.1. The first-order valence-electron chi connectivity index (χ1n) is 14.3. The van der Waals surface area contributed by atoms with Crippen LogP contribution in [-0.4, -0.2) is 20.8 Å². The number of aliphatic hydroxyl groups excluding tert-OH is 1. The zero-order chi connectivity index (χ0) is 31.7. The topological polar surface area (TPSA) is 92.9 Å². The fraction of sp³-hybridized carbons (Fsp3) is 0.343. The minimum atomic E-state index is -0.568. The average molecular weight is 575 g/mol. The second-order valence-electron chi connectivity index (χ2n) is 9.75. The van der Waals surface area contributed by atoms with Gasteiger partial charge in [-0.3, -0.25) is 14.9 Å². The van der Waals surface area contributed by atoms with Crippen LogP contribution in [0, 0.1) is 10.1 Å². The van der Waals surface area contributed by atoms with Crippen LogP contribution in [0.25, 0.3) is 0 Å². The largest absolute Gasteiger partial charge is 0.392 e. The number of carbonyl (C=O) groups excluding carboxylic acids is 1. The third kappa shape index (κ3) is 11.4. The van der Waals surface area contributed by atoms with Crippen LogP contribution in [0.2, 0.25) is 0 Å². The van der Waals surface area contributed by atoms with E-state index >= 15 is 0 Å². The summed E-state index contributed by atoms with van der Waals surface area (Å²) in [4.78, 5) is 25.1. The van der Waals surface area contributed by atoms with Gasteiger partial charge in [-0.25, -0.2) is 0 Å². The molecule has 0 radical (unpaired) electrons. The molecule has 7 heteroatoms. The third-order valence-corrected chi connectivity index (χ3v) is 6.08. The van der Waals surface area contributed by atoms with E-state index in [0.717, 1.165) is 35.1 Å². The zero-order valence-electron chi connectivity index (χ0n) is 25.9. The van der Waals surface area contributed by atoms with Gasteiger partial charge in [0.25, 0.3) is 11.6 Å². The SMILES string of the molecule is C=C(C)C.C=C(CC)CC.CC.O=C1c2ccccc2C(OCc2cccc(CO)c2)N1Cc1ccc([N+](=O)[O-])cc1. The summed E-state index contributed by atoms with van der Waals surface area (Å²) in [5, 5.41) is 20.2. The monoisotopic (exact) mass is 574 g/mol. The summed E-state index contributed by atoms with van der Waals surface area (Å²) < 4.78 is 6.15. The number of rotatable bonds is 9. The van der Waals surface area contributed by atoms with Crippen LogP contribution < -0.4 is 0 Å². The summed E-state index contributed by atoms with van der Waals surface area (Å²) in [6, 6.07) is 20.9. The molecule has 1 atom stereocenters. The lowest BCUT2D eigenvalue weighted by molar-refractivity contribution is -0.384. The molecular weight excluding hydrogens is 528 g/mol. The maximum Gasteiger partial charge on any atom is 0.269 e. The number of fused-ring (bicyclic) bond motifs is 1. The molecule has 3 aromatic rings. The minimum absolute atomic E-state index is 0.00588. The molecule has 42 heavy (non-hydrogen) atoms. The molecule has 0 aliphatic carbocycles. The van der Waals surface area contributed by atoms with Crippen molar-refractivity contribution in [3.63, 3.8) is 0 Å². The molecule has 7 nitrogen and oxygen atoms in total. The van der Waals surface area contributed by atoms with E-state index in [1.165, 1.54) is 23.3 Å². The van der Waals surface area contributed by atoms with E-state index in [1.54, 1.807) is 23.1 Å².